The van der Waals surface area contributed by atoms with Gasteiger partial charge in [0.25, 0.3) is 0 Å². The fraction of sp³-hybridized carbons (Fsp3) is 0.0704. The fourth-order valence-corrected chi connectivity index (χ4v) is 12.6. The summed E-state index contributed by atoms with van der Waals surface area (Å²) in [6.45, 7) is 4.66. The number of hydrogen-bond acceptors (Lipinski definition) is 1. The fourth-order valence-electron chi connectivity index (χ4n) is 12.6. The molecule has 0 aromatic heterocycles. The van der Waals surface area contributed by atoms with Crippen LogP contribution in [0.2, 0.25) is 0 Å². The van der Waals surface area contributed by atoms with Crippen LogP contribution >= 0.6 is 0 Å². The van der Waals surface area contributed by atoms with E-state index in [-0.39, 0.29) is 0 Å². The molecule has 0 N–H and O–H groups in total. The summed E-state index contributed by atoms with van der Waals surface area (Å²) in [4.78, 5) is 2.81. The maximum absolute atomic E-state index is 2.81. The Hall–Kier alpha value is -8.78. The molecular weight excluding hydrogens is 867 g/mol. The smallest absolute Gasteiger partial charge is 0.0588 e. The molecule has 0 fully saturated rings. The predicted octanol–water partition coefficient (Wildman–Crippen LogP) is 18.8. The molecule has 0 radical (unpaired) electrons. The molecule has 0 bridgehead atoms. The molecule has 11 aromatic carbocycles. The molecule has 0 saturated heterocycles. The molecule has 0 heterocycles. The number of fused-ring (bicyclic) bond motifs is 9. The highest BCUT2D eigenvalue weighted by atomic mass is 15.2. The van der Waals surface area contributed by atoms with Crippen molar-refractivity contribution in [1.29, 1.82) is 0 Å². The van der Waals surface area contributed by atoms with Crippen LogP contribution in [0.5, 0.6) is 0 Å². The molecule has 11 aromatic rings. The molecule has 1 nitrogen and oxygen atoms in total. The lowest BCUT2D eigenvalue weighted by Crippen LogP contribution is -2.19. The standard InChI is InChI=1S/C71H51N/c1-45-38-39-66(67(46(45)2)58-37-21-36-57-54-33-18-15-30-51(54)40-61(57)58)72(70-64-41-52-31-16-19-34-55(52)62(64)43-59(47-22-7-3-8-23-47)68(70)49-26-11-5-12-27-49)71-65-42-53-32-17-20-35-56(53)63(65)44-60(48-24-9-4-10-25-48)69(71)50-28-13-6-14-29-50/h3-39,43-44H,40-42H2,1-2H3. The summed E-state index contributed by atoms with van der Waals surface area (Å²) in [6.07, 6.45) is 2.51. The van der Waals surface area contributed by atoms with Crippen molar-refractivity contribution in [3.05, 3.63) is 281 Å². The summed E-state index contributed by atoms with van der Waals surface area (Å²) in [5.74, 6) is 0. The maximum atomic E-state index is 2.81. The summed E-state index contributed by atoms with van der Waals surface area (Å²) in [5, 5.41) is 0. The number of rotatable bonds is 8. The Bertz CT molecular complexity index is 3760. The number of anilines is 3. The van der Waals surface area contributed by atoms with Gasteiger partial charge in [-0.1, -0.05) is 218 Å². The molecule has 0 aliphatic heterocycles. The van der Waals surface area contributed by atoms with Gasteiger partial charge in [-0.25, -0.2) is 0 Å². The second-order valence-electron chi connectivity index (χ2n) is 19.9. The number of aryl methyl sites for hydroxylation is 1. The van der Waals surface area contributed by atoms with Crippen molar-refractivity contribution in [2.45, 2.75) is 33.1 Å². The van der Waals surface area contributed by atoms with E-state index in [2.05, 4.69) is 255 Å². The third kappa shape index (κ3) is 6.61. The minimum atomic E-state index is 0.809. The van der Waals surface area contributed by atoms with E-state index in [0.717, 1.165) is 19.3 Å². The highest BCUT2D eigenvalue weighted by Gasteiger charge is 2.38. The number of hydrogen-bond donors (Lipinski definition) is 0. The van der Waals surface area contributed by atoms with Crippen molar-refractivity contribution < 1.29 is 0 Å². The van der Waals surface area contributed by atoms with E-state index in [1.807, 2.05) is 0 Å². The Labute approximate surface area is 423 Å². The van der Waals surface area contributed by atoms with Crippen molar-refractivity contribution in [3.8, 4) is 89.0 Å². The molecule has 14 rings (SSSR count). The second-order valence-corrected chi connectivity index (χ2v) is 19.9. The van der Waals surface area contributed by atoms with Crippen molar-refractivity contribution >= 4 is 17.1 Å². The minimum absolute atomic E-state index is 0.809. The molecule has 0 unspecified atom stereocenters. The van der Waals surface area contributed by atoms with Crippen molar-refractivity contribution in [1.82, 2.24) is 0 Å². The van der Waals surface area contributed by atoms with Crippen LogP contribution in [0.15, 0.2) is 237 Å². The minimum Gasteiger partial charge on any atom is -0.308 e. The first-order valence-electron chi connectivity index (χ1n) is 25.5. The largest absolute Gasteiger partial charge is 0.308 e. The average molecular weight is 918 g/mol. The molecule has 0 spiro atoms. The number of benzene rings is 11. The predicted molar refractivity (Wildman–Crippen MR) is 303 cm³/mol. The van der Waals surface area contributed by atoms with E-state index in [1.165, 1.54) is 151 Å². The van der Waals surface area contributed by atoms with Crippen LogP contribution in [-0.4, -0.2) is 0 Å². The lowest BCUT2D eigenvalue weighted by Gasteiger charge is -2.37. The van der Waals surface area contributed by atoms with Gasteiger partial charge in [-0.05, 0) is 155 Å². The summed E-state index contributed by atoms with van der Waals surface area (Å²) in [5.41, 5.74) is 34.6. The molecule has 0 saturated carbocycles. The Morgan fingerprint density at radius 3 is 1.12 bits per heavy atom. The third-order valence-electron chi connectivity index (χ3n) is 16.0. The first-order chi connectivity index (χ1) is 35.6. The normalized spacial score (nSPS) is 12.4. The number of nitrogens with zero attached hydrogens (tertiary/aromatic N) is 1. The van der Waals surface area contributed by atoms with Gasteiger partial charge in [0.05, 0.1) is 17.1 Å². The van der Waals surface area contributed by atoms with Crippen molar-refractivity contribution in [2.75, 3.05) is 4.90 Å². The van der Waals surface area contributed by atoms with Gasteiger partial charge >= 0.3 is 0 Å². The van der Waals surface area contributed by atoms with Gasteiger partial charge in [0.1, 0.15) is 0 Å². The zero-order valence-electron chi connectivity index (χ0n) is 40.6. The van der Waals surface area contributed by atoms with E-state index in [4.69, 9.17) is 0 Å². The molecular formula is C71H51N. The van der Waals surface area contributed by atoms with Crippen LogP contribution in [0.25, 0.3) is 89.0 Å². The zero-order valence-corrected chi connectivity index (χ0v) is 40.6. The van der Waals surface area contributed by atoms with Gasteiger partial charge in [-0.3, -0.25) is 0 Å². The maximum Gasteiger partial charge on any atom is 0.0588 e. The highest BCUT2D eigenvalue weighted by Crippen LogP contribution is 2.61. The summed E-state index contributed by atoms with van der Waals surface area (Å²) in [7, 11) is 0. The first kappa shape index (κ1) is 42.1. The van der Waals surface area contributed by atoms with Crippen LogP contribution in [0.1, 0.15) is 44.5 Å². The summed E-state index contributed by atoms with van der Waals surface area (Å²) in [6, 6.07) is 89.0. The first-order valence-corrected chi connectivity index (χ1v) is 25.5. The van der Waals surface area contributed by atoms with Gasteiger partial charge in [0.15, 0.2) is 0 Å². The lowest BCUT2D eigenvalue weighted by atomic mass is 9.83. The highest BCUT2D eigenvalue weighted by molar-refractivity contribution is 6.11. The Kier molecular flexibility index (Phi) is 9.93. The Morgan fingerprint density at radius 2 is 0.653 bits per heavy atom. The van der Waals surface area contributed by atoms with Crippen molar-refractivity contribution in [2.24, 2.45) is 0 Å². The van der Waals surface area contributed by atoms with E-state index >= 15 is 0 Å². The molecule has 0 atom stereocenters. The molecule has 3 aliphatic carbocycles. The Morgan fingerprint density at radius 1 is 0.278 bits per heavy atom. The lowest BCUT2D eigenvalue weighted by molar-refractivity contribution is 1.16. The van der Waals surface area contributed by atoms with Gasteiger partial charge in [0, 0.05) is 29.5 Å². The average Bonchev–Trinajstić information content (AvgIpc) is 4.14. The zero-order chi connectivity index (χ0) is 47.9. The summed E-state index contributed by atoms with van der Waals surface area (Å²) >= 11 is 0. The molecule has 3 aliphatic rings. The van der Waals surface area contributed by atoms with Gasteiger partial charge in [-0.2, -0.15) is 0 Å². The second kappa shape index (κ2) is 17.0. The van der Waals surface area contributed by atoms with Gasteiger partial charge in [0.2, 0.25) is 0 Å². The summed E-state index contributed by atoms with van der Waals surface area (Å²) < 4.78 is 0. The monoisotopic (exact) mass is 917 g/mol. The van der Waals surface area contributed by atoms with Crippen LogP contribution in [0, 0.1) is 13.8 Å². The van der Waals surface area contributed by atoms with Gasteiger partial charge < -0.3 is 4.90 Å². The SMILES string of the molecule is Cc1ccc(N(c2c3c(cc(-c4ccccc4)c2-c2ccccc2)-c2ccccc2C3)c2c3c(cc(-c4ccccc4)c2-c2ccccc2)-c2ccccc2C3)c(-c2cccc3c2Cc2ccccc2-3)c1C. The van der Waals surface area contributed by atoms with Gasteiger partial charge in [-0.15, -0.1) is 0 Å². The molecule has 1 heteroatoms. The van der Waals surface area contributed by atoms with Crippen molar-refractivity contribution in [3.63, 3.8) is 0 Å². The van der Waals surface area contributed by atoms with Crippen LogP contribution in [0.3, 0.4) is 0 Å². The molecule has 0 amide bonds. The third-order valence-corrected chi connectivity index (χ3v) is 16.0. The Balaban J connectivity index is 1.22. The quantitative estimate of drug-likeness (QED) is 0.147. The van der Waals surface area contributed by atoms with E-state index in [0.29, 0.717) is 0 Å². The van der Waals surface area contributed by atoms with E-state index in [1.54, 1.807) is 0 Å². The van der Waals surface area contributed by atoms with E-state index in [9.17, 15) is 0 Å². The van der Waals surface area contributed by atoms with E-state index < -0.39 is 0 Å². The van der Waals surface area contributed by atoms with Crippen LogP contribution in [-0.2, 0) is 19.3 Å². The van der Waals surface area contributed by atoms with Crippen LogP contribution < -0.4 is 4.90 Å². The molecule has 340 valence electrons. The molecule has 72 heavy (non-hydrogen) atoms. The van der Waals surface area contributed by atoms with Crippen LogP contribution in [0.4, 0.5) is 17.1 Å². The topological polar surface area (TPSA) is 3.24 Å².